The molecule has 3 aromatic heterocycles. The molecule has 0 bridgehead atoms. The monoisotopic (exact) mass is 483 g/mol. The molecular formula is C23H29N7O3S. The molecule has 1 saturated heterocycles. The van der Waals surface area contributed by atoms with Crippen molar-refractivity contribution in [3.8, 4) is 5.13 Å². The second-order valence-electron chi connectivity index (χ2n) is 8.08. The Morgan fingerprint density at radius 3 is 2.97 bits per heavy atom. The van der Waals surface area contributed by atoms with Crippen molar-refractivity contribution in [3.63, 3.8) is 0 Å². The predicted molar refractivity (Wildman–Crippen MR) is 136 cm³/mol. The van der Waals surface area contributed by atoms with Gasteiger partial charge in [-0.2, -0.15) is 0 Å². The van der Waals surface area contributed by atoms with Gasteiger partial charge in [0.1, 0.15) is 5.69 Å². The van der Waals surface area contributed by atoms with Crippen LogP contribution in [-0.2, 0) is 11.8 Å². The summed E-state index contributed by atoms with van der Waals surface area (Å²) in [6, 6.07) is 9.60. The van der Waals surface area contributed by atoms with Crippen LogP contribution in [0.5, 0.6) is 0 Å². The second kappa shape index (κ2) is 9.37. The van der Waals surface area contributed by atoms with Gasteiger partial charge in [-0.3, -0.25) is 14.3 Å². The zero-order chi connectivity index (χ0) is 23.7. The predicted octanol–water partition coefficient (Wildman–Crippen LogP) is 2.35. The number of pyridine rings is 1. The molecule has 0 radical (unpaired) electrons. The minimum absolute atomic E-state index is 0. The number of ether oxygens (including phenoxy) is 1. The van der Waals surface area contributed by atoms with Crippen molar-refractivity contribution in [3.05, 3.63) is 64.3 Å². The highest BCUT2D eigenvalue weighted by atomic mass is 32.1. The number of rotatable bonds is 6. The van der Waals surface area contributed by atoms with Crippen LogP contribution < -0.4 is 21.2 Å². The third-order valence-corrected chi connectivity index (χ3v) is 6.71. The number of aromatic nitrogens is 4. The first kappa shape index (κ1) is 22.3. The lowest BCUT2D eigenvalue weighted by Gasteiger charge is -2.35. The number of benzene rings is 1. The summed E-state index contributed by atoms with van der Waals surface area (Å²) >= 11 is 1.25. The number of amides is 1. The number of nitrogens with zero attached hydrogens (tertiary/aromatic N) is 5. The van der Waals surface area contributed by atoms with Crippen LogP contribution >= 0.6 is 11.3 Å². The maximum atomic E-state index is 13.1. The Bertz CT molecular complexity index is 1400. The summed E-state index contributed by atoms with van der Waals surface area (Å²) in [5.74, 6) is -0.353. The number of imidazole rings is 1. The van der Waals surface area contributed by atoms with Crippen LogP contribution in [0.4, 0.5) is 11.4 Å². The van der Waals surface area contributed by atoms with E-state index in [1.807, 2.05) is 30.3 Å². The van der Waals surface area contributed by atoms with E-state index in [2.05, 4.69) is 25.5 Å². The molecule has 1 amide bonds. The van der Waals surface area contributed by atoms with Crippen LogP contribution in [0.1, 0.15) is 13.3 Å². The zero-order valence-corrected chi connectivity index (χ0v) is 19.7. The number of fused-ring (bicyclic) bond motifs is 1. The number of nitrogens with one attached hydrogen (secondary N) is 2. The van der Waals surface area contributed by atoms with Crippen LogP contribution in [0, 0.1) is 0 Å². The lowest BCUT2D eigenvalue weighted by Crippen LogP contribution is -2.52. The molecule has 4 aromatic rings. The van der Waals surface area contributed by atoms with Crippen molar-refractivity contribution in [2.45, 2.75) is 6.04 Å². The van der Waals surface area contributed by atoms with Gasteiger partial charge in [-0.25, -0.2) is 14.3 Å². The zero-order valence-electron chi connectivity index (χ0n) is 18.9. The van der Waals surface area contributed by atoms with Gasteiger partial charge in [0.25, 0.3) is 5.91 Å². The van der Waals surface area contributed by atoms with Crippen molar-refractivity contribution in [2.24, 2.45) is 7.05 Å². The van der Waals surface area contributed by atoms with Crippen molar-refractivity contribution in [2.75, 3.05) is 43.6 Å². The van der Waals surface area contributed by atoms with Crippen molar-refractivity contribution in [1.29, 1.82) is 0 Å². The summed E-state index contributed by atoms with van der Waals surface area (Å²) in [6.07, 6.45) is 3.36. The lowest BCUT2D eigenvalue weighted by molar-refractivity contribution is 0.102. The molecule has 34 heavy (non-hydrogen) atoms. The van der Waals surface area contributed by atoms with Gasteiger partial charge < -0.3 is 20.3 Å². The molecule has 1 atom stereocenters. The number of hydrogen-bond acceptors (Lipinski definition) is 8. The average molecular weight is 484 g/mol. The molecule has 1 aliphatic heterocycles. The average Bonchev–Trinajstić information content (AvgIpc) is 3.43. The minimum atomic E-state index is -0.353. The summed E-state index contributed by atoms with van der Waals surface area (Å²) in [5.41, 5.74) is 3.09. The first-order valence-corrected chi connectivity index (χ1v) is 11.8. The number of anilines is 2. The number of aryl methyl sites for hydroxylation is 1. The molecule has 1 fully saturated rings. The van der Waals surface area contributed by atoms with E-state index in [9.17, 15) is 9.59 Å². The van der Waals surface area contributed by atoms with E-state index in [-0.39, 0.29) is 26.2 Å². The van der Waals surface area contributed by atoms with Crippen LogP contribution in [0.25, 0.3) is 16.2 Å². The molecule has 0 aliphatic carbocycles. The third-order valence-electron chi connectivity index (χ3n) is 5.89. The van der Waals surface area contributed by atoms with Gasteiger partial charge in [-0.15, -0.1) is 11.3 Å². The van der Waals surface area contributed by atoms with E-state index in [1.54, 1.807) is 36.5 Å². The Labute approximate surface area is 202 Å². The summed E-state index contributed by atoms with van der Waals surface area (Å²) in [4.78, 5) is 36.8. The number of piperazine rings is 1. The minimum Gasteiger partial charge on any atom is -0.383 e. The molecule has 5 rings (SSSR count). The number of para-hydroxylation sites is 2. The molecule has 10 nitrogen and oxygen atoms in total. The lowest BCUT2D eigenvalue weighted by atomic mass is 10.2. The molecule has 0 unspecified atom stereocenters. The van der Waals surface area contributed by atoms with Crippen LogP contribution in [0.2, 0.25) is 0 Å². The van der Waals surface area contributed by atoms with Crippen LogP contribution in [0.15, 0.2) is 52.9 Å². The second-order valence-corrected chi connectivity index (χ2v) is 8.92. The maximum absolute atomic E-state index is 13.1. The Kier molecular flexibility index (Phi) is 6.14. The fourth-order valence-electron chi connectivity index (χ4n) is 4.25. The molecule has 0 saturated carbocycles. The quantitative estimate of drug-likeness (QED) is 0.434. The number of carbonyl (C=O) groups excluding carboxylic acids is 1. The van der Waals surface area contributed by atoms with Gasteiger partial charge in [0.15, 0.2) is 5.13 Å². The third kappa shape index (κ3) is 4.09. The highest BCUT2D eigenvalue weighted by molar-refractivity contribution is 7.12. The number of carbonyl (C=O) groups is 1. The Morgan fingerprint density at radius 2 is 2.15 bits per heavy atom. The van der Waals surface area contributed by atoms with E-state index in [0.29, 0.717) is 17.4 Å². The normalized spacial score (nSPS) is 16.2. The van der Waals surface area contributed by atoms with Gasteiger partial charge in [0, 0.05) is 54.3 Å². The van der Waals surface area contributed by atoms with Crippen LogP contribution in [0.3, 0.4) is 0 Å². The van der Waals surface area contributed by atoms with E-state index >= 15 is 0 Å². The molecule has 1 aromatic carbocycles. The summed E-state index contributed by atoms with van der Waals surface area (Å²) in [7, 11) is 3.41. The highest BCUT2D eigenvalue weighted by Crippen LogP contribution is 2.27. The van der Waals surface area contributed by atoms with Crippen LogP contribution in [-0.4, -0.2) is 64.4 Å². The van der Waals surface area contributed by atoms with Crippen molar-refractivity contribution < 1.29 is 12.4 Å². The Balaban J connectivity index is 0.00000180. The van der Waals surface area contributed by atoms with E-state index < -0.39 is 0 Å². The van der Waals surface area contributed by atoms with E-state index in [0.717, 1.165) is 36.4 Å². The van der Waals surface area contributed by atoms with E-state index in [4.69, 9.17) is 4.74 Å². The molecular weight excluding hydrogens is 454 g/mol. The highest BCUT2D eigenvalue weighted by Gasteiger charge is 2.23. The first-order chi connectivity index (χ1) is 16.6. The largest absolute Gasteiger partial charge is 0.383 e. The number of methoxy groups -OCH3 is 1. The van der Waals surface area contributed by atoms with Crippen molar-refractivity contribution >= 4 is 39.7 Å². The summed E-state index contributed by atoms with van der Waals surface area (Å²) < 4.78 is 8.39. The molecule has 4 heterocycles. The van der Waals surface area contributed by atoms with Gasteiger partial charge in [0.2, 0.25) is 0 Å². The van der Waals surface area contributed by atoms with Gasteiger partial charge in [-0.1, -0.05) is 12.1 Å². The standard InChI is InChI=1S/C23H25N7O3S.2H2/c1-28-19-5-3-4-6-20(19)30(23(28)32)22-27-17(14-34-22)21(31)26-16-11-24-8-7-18(16)29-10-9-25-15(12-29)13-33-2;;/h3-8,11,14-15,25H,9-10,12-13H2,1-2H3,(H,26,31);2*1H/t15-;;/m1../s1. The van der Waals surface area contributed by atoms with Gasteiger partial charge in [0.05, 0.1) is 35.2 Å². The Hall–Kier alpha value is -3.54. The van der Waals surface area contributed by atoms with E-state index in [1.165, 1.54) is 15.9 Å². The summed E-state index contributed by atoms with van der Waals surface area (Å²) in [5, 5.41) is 8.49. The fourth-order valence-corrected chi connectivity index (χ4v) is 5.06. The maximum Gasteiger partial charge on any atom is 0.335 e. The molecule has 11 heteroatoms. The number of thiazole rings is 1. The van der Waals surface area contributed by atoms with Gasteiger partial charge >= 0.3 is 5.69 Å². The topological polar surface area (TPSA) is 106 Å². The van der Waals surface area contributed by atoms with Gasteiger partial charge in [-0.05, 0) is 18.2 Å². The SMILES string of the molecule is COC[C@H]1CN(c2ccncc2NC(=O)c2csc(-n3c(=O)n(C)c4ccccc43)n2)CCN1.[HH].[HH]. The molecule has 1 aliphatic rings. The molecule has 0 spiro atoms. The Morgan fingerprint density at radius 1 is 1.32 bits per heavy atom. The number of hydrogen-bond donors (Lipinski definition) is 2. The summed E-state index contributed by atoms with van der Waals surface area (Å²) in [6.45, 7) is 2.99. The fraction of sp³-hybridized carbons (Fsp3) is 0.304. The first-order valence-electron chi connectivity index (χ1n) is 10.9. The molecule has 180 valence electrons. The smallest absolute Gasteiger partial charge is 0.335 e. The molecule has 2 N–H and O–H groups in total. The van der Waals surface area contributed by atoms with Crippen molar-refractivity contribution in [1.82, 2.24) is 24.4 Å².